The topological polar surface area (TPSA) is 82.2 Å². The third-order valence-electron chi connectivity index (χ3n) is 4.24. The van der Waals surface area contributed by atoms with E-state index in [1.165, 1.54) is 0 Å². The van der Waals surface area contributed by atoms with Gasteiger partial charge in [0.2, 0.25) is 0 Å². The van der Waals surface area contributed by atoms with Gasteiger partial charge in [-0.1, -0.05) is 18.2 Å². The van der Waals surface area contributed by atoms with Crippen molar-refractivity contribution in [2.45, 2.75) is 20.5 Å². The minimum Gasteiger partial charge on any atom is -0.486 e. The fourth-order valence-electron chi connectivity index (χ4n) is 2.89. The zero-order chi connectivity index (χ0) is 20.2. The number of benzene rings is 1. The van der Waals surface area contributed by atoms with E-state index in [9.17, 15) is 4.79 Å². The van der Waals surface area contributed by atoms with Gasteiger partial charge in [0.1, 0.15) is 18.1 Å². The minimum absolute atomic E-state index is 0.208. The molecule has 4 aromatic rings. The SMILES string of the molecule is Cc1cc(C)n(-c2ccc(NC(=O)c3ccc(COc4ccccc4)o3)cn2)n1. The second kappa shape index (κ2) is 8.02. The number of para-hydroxylation sites is 1. The minimum atomic E-state index is -0.350. The van der Waals surface area contributed by atoms with Gasteiger partial charge in [0.25, 0.3) is 5.91 Å². The van der Waals surface area contributed by atoms with E-state index in [2.05, 4.69) is 15.4 Å². The summed E-state index contributed by atoms with van der Waals surface area (Å²) >= 11 is 0. The van der Waals surface area contributed by atoms with Crippen molar-refractivity contribution in [1.29, 1.82) is 0 Å². The van der Waals surface area contributed by atoms with Crippen molar-refractivity contribution in [3.05, 3.63) is 89.8 Å². The number of anilines is 1. The fourth-order valence-corrected chi connectivity index (χ4v) is 2.89. The van der Waals surface area contributed by atoms with Gasteiger partial charge in [0.15, 0.2) is 11.6 Å². The zero-order valence-corrected chi connectivity index (χ0v) is 16.1. The van der Waals surface area contributed by atoms with Crippen molar-refractivity contribution in [3.63, 3.8) is 0 Å². The molecule has 29 heavy (non-hydrogen) atoms. The second-order valence-electron chi connectivity index (χ2n) is 6.57. The number of furan rings is 1. The molecule has 7 nitrogen and oxygen atoms in total. The number of nitrogens with zero attached hydrogens (tertiary/aromatic N) is 3. The third kappa shape index (κ3) is 4.35. The predicted octanol–water partition coefficient (Wildman–Crippen LogP) is 4.31. The Balaban J connectivity index is 1.38. The molecular formula is C22H20N4O3. The number of carbonyl (C=O) groups excluding carboxylic acids is 1. The molecule has 1 aromatic carbocycles. The Morgan fingerprint density at radius 3 is 2.62 bits per heavy atom. The van der Waals surface area contributed by atoms with E-state index in [1.807, 2.05) is 50.2 Å². The maximum atomic E-state index is 12.4. The molecule has 0 aliphatic rings. The number of nitrogens with one attached hydrogen (secondary N) is 1. The fraction of sp³-hybridized carbons (Fsp3) is 0.136. The van der Waals surface area contributed by atoms with Crippen LogP contribution < -0.4 is 10.1 Å². The summed E-state index contributed by atoms with van der Waals surface area (Å²) in [5.41, 5.74) is 2.48. The standard InChI is InChI=1S/C22H20N4O3/c1-15-12-16(2)26(25-15)21-11-8-17(13-23-21)24-22(27)20-10-9-19(29-20)14-28-18-6-4-3-5-7-18/h3-13H,14H2,1-2H3,(H,24,27). The number of rotatable bonds is 6. The summed E-state index contributed by atoms with van der Waals surface area (Å²) in [6.07, 6.45) is 1.59. The summed E-state index contributed by atoms with van der Waals surface area (Å²) in [5, 5.41) is 7.18. The lowest BCUT2D eigenvalue weighted by atomic mass is 10.3. The Morgan fingerprint density at radius 2 is 1.93 bits per heavy atom. The number of carbonyl (C=O) groups is 1. The van der Waals surface area contributed by atoms with Gasteiger partial charge in [-0.3, -0.25) is 4.79 Å². The van der Waals surface area contributed by atoms with E-state index < -0.39 is 0 Å². The van der Waals surface area contributed by atoms with E-state index in [0.29, 0.717) is 17.3 Å². The van der Waals surface area contributed by atoms with Crippen molar-refractivity contribution in [2.75, 3.05) is 5.32 Å². The Kier molecular flexibility index (Phi) is 5.11. The number of ether oxygens (including phenoxy) is 1. The van der Waals surface area contributed by atoms with Gasteiger partial charge in [-0.25, -0.2) is 9.67 Å². The van der Waals surface area contributed by atoms with E-state index >= 15 is 0 Å². The normalized spacial score (nSPS) is 10.7. The molecule has 1 amide bonds. The van der Waals surface area contributed by atoms with E-state index in [-0.39, 0.29) is 18.3 Å². The molecule has 4 rings (SSSR count). The van der Waals surface area contributed by atoms with Crippen LogP contribution in [0.4, 0.5) is 5.69 Å². The van der Waals surface area contributed by atoms with Crippen LogP contribution in [0.1, 0.15) is 27.7 Å². The molecule has 0 unspecified atom stereocenters. The molecule has 0 fully saturated rings. The van der Waals surface area contributed by atoms with Gasteiger partial charge < -0.3 is 14.5 Å². The molecule has 0 saturated heterocycles. The lowest BCUT2D eigenvalue weighted by Crippen LogP contribution is -2.11. The van der Waals surface area contributed by atoms with Gasteiger partial charge in [0, 0.05) is 5.69 Å². The number of hydrogen-bond donors (Lipinski definition) is 1. The number of amides is 1. The highest BCUT2D eigenvalue weighted by Crippen LogP contribution is 2.16. The molecule has 0 aliphatic carbocycles. The summed E-state index contributed by atoms with van der Waals surface area (Å²) < 4.78 is 13.0. The molecule has 146 valence electrons. The largest absolute Gasteiger partial charge is 0.486 e. The smallest absolute Gasteiger partial charge is 0.291 e. The monoisotopic (exact) mass is 388 g/mol. The molecule has 1 N–H and O–H groups in total. The van der Waals surface area contributed by atoms with Crippen LogP contribution in [-0.4, -0.2) is 20.7 Å². The lowest BCUT2D eigenvalue weighted by Gasteiger charge is -2.06. The average molecular weight is 388 g/mol. The highest BCUT2D eigenvalue weighted by Gasteiger charge is 2.13. The van der Waals surface area contributed by atoms with Crippen LogP contribution in [0.5, 0.6) is 5.75 Å². The Bertz CT molecular complexity index is 1110. The van der Waals surface area contributed by atoms with Gasteiger partial charge in [-0.15, -0.1) is 0 Å². The summed E-state index contributed by atoms with van der Waals surface area (Å²) in [4.78, 5) is 16.8. The van der Waals surface area contributed by atoms with Crippen LogP contribution in [-0.2, 0) is 6.61 Å². The molecule has 0 bridgehead atoms. The van der Waals surface area contributed by atoms with Crippen molar-refractivity contribution in [1.82, 2.24) is 14.8 Å². The van der Waals surface area contributed by atoms with Crippen LogP contribution >= 0.6 is 0 Å². The van der Waals surface area contributed by atoms with Crippen LogP contribution in [0.3, 0.4) is 0 Å². The summed E-state index contributed by atoms with van der Waals surface area (Å²) in [6, 6.07) is 18.3. The predicted molar refractivity (Wildman–Crippen MR) is 108 cm³/mol. The first-order valence-corrected chi connectivity index (χ1v) is 9.16. The van der Waals surface area contributed by atoms with Gasteiger partial charge in [-0.2, -0.15) is 5.10 Å². The summed E-state index contributed by atoms with van der Waals surface area (Å²) in [5.74, 6) is 1.85. The van der Waals surface area contributed by atoms with Crippen molar-refractivity contribution in [2.24, 2.45) is 0 Å². The first kappa shape index (κ1) is 18.5. The van der Waals surface area contributed by atoms with E-state index in [0.717, 1.165) is 17.1 Å². The van der Waals surface area contributed by atoms with E-state index in [1.54, 1.807) is 35.1 Å². The van der Waals surface area contributed by atoms with Gasteiger partial charge >= 0.3 is 0 Å². The molecule has 7 heteroatoms. The number of aromatic nitrogens is 3. The number of aryl methyl sites for hydroxylation is 2. The number of pyridine rings is 1. The van der Waals surface area contributed by atoms with Gasteiger partial charge in [0.05, 0.1) is 17.6 Å². The first-order valence-electron chi connectivity index (χ1n) is 9.16. The van der Waals surface area contributed by atoms with Crippen LogP contribution in [0.25, 0.3) is 5.82 Å². The highest BCUT2D eigenvalue weighted by molar-refractivity contribution is 6.02. The van der Waals surface area contributed by atoms with E-state index in [4.69, 9.17) is 9.15 Å². The number of hydrogen-bond acceptors (Lipinski definition) is 5. The molecule has 0 spiro atoms. The Morgan fingerprint density at radius 1 is 1.10 bits per heavy atom. The molecule has 0 aliphatic heterocycles. The molecular weight excluding hydrogens is 368 g/mol. The summed E-state index contributed by atoms with van der Waals surface area (Å²) in [7, 11) is 0. The first-order chi connectivity index (χ1) is 14.1. The molecule has 0 radical (unpaired) electrons. The summed E-state index contributed by atoms with van der Waals surface area (Å²) in [6.45, 7) is 4.14. The highest BCUT2D eigenvalue weighted by atomic mass is 16.5. The average Bonchev–Trinajstić information content (AvgIpc) is 3.34. The molecule has 3 heterocycles. The van der Waals surface area contributed by atoms with Crippen LogP contribution in [0, 0.1) is 13.8 Å². The van der Waals surface area contributed by atoms with Crippen molar-refractivity contribution >= 4 is 11.6 Å². The Hall–Kier alpha value is -3.87. The van der Waals surface area contributed by atoms with Crippen LogP contribution in [0.2, 0.25) is 0 Å². The quantitative estimate of drug-likeness (QED) is 0.532. The lowest BCUT2D eigenvalue weighted by molar-refractivity contribution is 0.0992. The maximum absolute atomic E-state index is 12.4. The molecule has 0 saturated carbocycles. The van der Waals surface area contributed by atoms with Crippen LogP contribution in [0.15, 0.2) is 71.3 Å². The third-order valence-corrected chi connectivity index (χ3v) is 4.24. The zero-order valence-electron chi connectivity index (χ0n) is 16.1. The maximum Gasteiger partial charge on any atom is 0.291 e. The Labute approximate surface area is 168 Å². The van der Waals surface area contributed by atoms with Crippen molar-refractivity contribution < 1.29 is 13.9 Å². The van der Waals surface area contributed by atoms with Crippen molar-refractivity contribution in [3.8, 4) is 11.6 Å². The molecule has 3 aromatic heterocycles. The second-order valence-corrected chi connectivity index (χ2v) is 6.57. The molecule has 0 atom stereocenters. The van der Waals surface area contributed by atoms with Gasteiger partial charge in [-0.05, 0) is 56.3 Å².